The molecular weight excluding hydrogens is 214 g/mol. The number of rotatable bonds is 4. The topological polar surface area (TPSA) is 57.8 Å². The van der Waals surface area contributed by atoms with E-state index in [0.717, 1.165) is 17.8 Å². The zero-order chi connectivity index (χ0) is 12.1. The molecule has 0 radical (unpaired) electrons. The average molecular weight is 229 g/mol. The fraction of sp³-hybridized carbons (Fsp3) is 0.231. The standard InChI is InChI=1S/C13H15N3O/c1-2-10-3-5-11(6-4-10)16-13(17)7-12-8-14-9-15-12/h3-6,8-9H,2,7H2,1H3,(H,14,15)(H,16,17). The second-order valence-corrected chi connectivity index (χ2v) is 3.85. The van der Waals surface area contributed by atoms with E-state index in [9.17, 15) is 4.79 Å². The van der Waals surface area contributed by atoms with Crippen molar-refractivity contribution in [2.24, 2.45) is 0 Å². The van der Waals surface area contributed by atoms with Gasteiger partial charge in [0.25, 0.3) is 0 Å². The summed E-state index contributed by atoms with van der Waals surface area (Å²) in [5.74, 6) is -0.0431. The molecule has 2 rings (SSSR count). The first-order valence-electron chi connectivity index (χ1n) is 5.64. The Hall–Kier alpha value is -2.10. The Kier molecular flexibility index (Phi) is 3.55. The lowest BCUT2D eigenvalue weighted by atomic mass is 10.1. The van der Waals surface area contributed by atoms with E-state index in [1.165, 1.54) is 5.56 Å². The van der Waals surface area contributed by atoms with E-state index in [2.05, 4.69) is 22.2 Å². The number of amides is 1. The Morgan fingerprint density at radius 2 is 2.12 bits per heavy atom. The first-order valence-corrected chi connectivity index (χ1v) is 5.64. The summed E-state index contributed by atoms with van der Waals surface area (Å²) in [5, 5.41) is 2.84. The lowest BCUT2D eigenvalue weighted by molar-refractivity contribution is -0.115. The normalized spacial score (nSPS) is 10.2. The zero-order valence-corrected chi connectivity index (χ0v) is 9.73. The summed E-state index contributed by atoms with van der Waals surface area (Å²) in [6, 6.07) is 7.88. The van der Waals surface area contributed by atoms with Crippen LogP contribution in [0.4, 0.5) is 5.69 Å². The Morgan fingerprint density at radius 3 is 2.71 bits per heavy atom. The highest BCUT2D eigenvalue weighted by Crippen LogP contribution is 2.10. The van der Waals surface area contributed by atoms with Gasteiger partial charge in [0.2, 0.25) is 5.91 Å². The van der Waals surface area contributed by atoms with E-state index in [0.29, 0.717) is 6.42 Å². The fourth-order valence-corrected chi connectivity index (χ4v) is 1.58. The van der Waals surface area contributed by atoms with Crippen LogP contribution in [0.5, 0.6) is 0 Å². The maximum Gasteiger partial charge on any atom is 0.230 e. The average Bonchev–Trinajstić information content (AvgIpc) is 2.82. The maximum absolute atomic E-state index is 11.7. The molecule has 0 unspecified atom stereocenters. The van der Waals surface area contributed by atoms with Gasteiger partial charge in [-0.15, -0.1) is 0 Å². The zero-order valence-electron chi connectivity index (χ0n) is 9.73. The van der Waals surface area contributed by atoms with Crippen LogP contribution in [0.25, 0.3) is 0 Å². The summed E-state index contributed by atoms with van der Waals surface area (Å²) < 4.78 is 0. The molecule has 88 valence electrons. The number of nitrogens with zero attached hydrogens (tertiary/aromatic N) is 1. The predicted molar refractivity (Wildman–Crippen MR) is 66.7 cm³/mol. The maximum atomic E-state index is 11.7. The van der Waals surface area contributed by atoms with Crippen LogP contribution in [0.1, 0.15) is 18.2 Å². The van der Waals surface area contributed by atoms with Gasteiger partial charge in [-0.2, -0.15) is 0 Å². The Morgan fingerprint density at radius 1 is 1.35 bits per heavy atom. The van der Waals surface area contributed by atoms with Gasteiger partial charge in [0.1, 0.15) is 0 Å². The molecule has 0 saturated heterocycles. The number of carbonyl (C=O) groups excluding carboxylic acids is 1. The van der Waals surface area contributed by atoms with E-state index < -0.39 is 0 Å². The molecule has 1 aromatic carbocycles. The van der Waals surface area contributed by atoms with Crippen molar-refractivity contribution in [3.05, 3.63) is 48.0 Å². The van der Waals surface area contributed by atoms with Crippen LogP contribution in [0, 0.1) is 0 Å². The largest absolute Gasteiger partial charge is 0.348 e. The number of aromatic amines is 1. The van der Waals surface area contributed by atoms with Crippen LogP contribution in [0.2, 0.25) is 0 Å². The smallest absolute Gasteiger partial charge is 0.230 e. The Bertz CT molecular complexity index is 474. The van der Waals surface area contributed by atoms with Crippen LogP contribution in [0.3, 0.4) is 0 Å². The highest BCUT2D eigenvalue weighted by Gasteiger charge is 2.04. The third-order valence-electron chi connectivity index (χ3n) is 2.55. The van der Waals surface area contributed by atoms with Gasteiger partial charge in [-0.3, -0.25) is 4.79 Å². The van der Waals surface area contributed by atoms with Gasteiger partial charge >= 0.3 is 0 Å². The number of aromatic nitrogens is 2. The quantitative estimate of drug-likeness (QED) is 0.844. The van der Waals surface area contributed by atoms with E-state index in [1.54, 1.807) is 12.5 Å². The highest BCUT2D eigenvalue weighted by molar-refractivity contribution is 5.91. The van der Waals surface area contributed by atoms with Crippen molar-refractivity contribution in [3.63, 3.8) is 0 Å². The molecule has 4 heteroatoms. The van der Waals surface area contributed by atoms with Crippen LogP contribution in [-0.4, -0.2) is 15.9 Å². The number of hydrogen-bond acceptors (Lipinski definition) is 2. The third kappa shape index (κ3) is 3.17. The number of H-pyrrole nitrogens is 1. The van der Waals surface area contributed by atoms with Gasteiger partial charge in [-0.05, 0) is 24.1 Å². The van der Waals surface area contributed by atoms with Crippen LogP contribution in [0.15, 0.2) is 36.8 Å². The number of hydrogen-bond donors (Lipinski definition) is 2. The summed E-state index contributed by atoms with van der Waals surface area (Å²) in [4.78, 5) is 18.4. The van der Waals surface area contributed by atoms with Crippen molar-refractivity contribution in [2.45, 2.75) is 19.8 Å². The van der Waals surface area contributed by atoms with Crippen molar-refractivity contribution < 1.29 is 4.79 Å². The number of benzene rings is 1. The van der Waals surface area contributed by atoms with Crippen molar-refractivity contribution in [1.82, 2.24) is 9.97 Å². The second-order valence-electron chi connectivity index (χ2n) is 3.85. The first kappa shape index (κ1) is 11.4. The molecule has 1 heterocycles. The van der Waals surface area contributed by atoms with Crippen molar-refractivity contribution in [2.75, 3.05) is 5.32 Å². The lowest BCUT2D eigenvalue weighted by Crippen LogP contribution is -2.14. The molecule has 0 bridgehead atoms. The van der Waals surface area contributed by atoms with Gasteiger partial charge in [0, 0.05) is 17.6 Å². The third-order valence-corrected chi connectivity index (χ3v) is 2.55. The summed E-state index contributed by atoms with van der Waals surface area (Å²) >= 11 is 0. The minimum Gasteiger partial charge on any atom is -0.348 e. The van der Waals surface area contributed by atoms with Crippen LogP contribution < -0.4 is 5.32 Å². The molecule has 0 spiro atoms. The number of aryl methyl sites for hydroxylation is 1. The minimum atomic E-state index is -0.0431. The fourth-order valence-electron chi connectivity index (χ4n) is 1.58. The van der Waals surface area contributed by atoms with Gasteiger partial charge < -0.3 is 10.3 Å². The van der Waals surface area contributed by atoms with E-state index >= 15 is 0 Å². The van der Waals surface area contributed by atoms with Crippen LogP contribution >= 0.6 is 0 Å². The number of imidazole rings is 1. The molecule has 0 fully saturated rings. The number of carbonyl (C=O) groups is 1. The van der Waals surface area contributed by atoms with Gasteiger partial charge in [0.15, 0.2) is 0 Å². The van der Waals surface area contributed by atoms with Crippen LogP contribution in [-0.2, 0) is 17.6 Å². The summed E-state index contributed by atoms with van der Waals surface area (Å²) in [6.07, 6.45) is 4.54. The second kappa shape index (κ2) is 5.30. The Balaban J connectivity index is 1.93. The Labute approximate surface area is 100 Å². The number of anilines is 1. The number of nitrogens with one attached hydrogen (secondary N) is 2. The van der Waals surface area contributed by atoms with Gasteiger partial charge in [-0.25, -0.2) is 4.98 Å². The molecule has 1 amide bonds. The molecular formula is C13H15N3O. The highest BCUT2D eigenvalue weighted by atomic mass is 16.1. The van der Waals surface area contributed by atoms with Crippen molar-refractivity contribution in [3.8, 4) is 0 Å². The van der Waals surface area contributed by atoms with E-state index in [1.807, 2.05) is 24.3 Å². The monoisotopic (exact) mass is 229 g/mol. The molecule has 0 aliphatic rings. The predicted octanol–water partition coefficient (Wildman–Crippen LogP) is 2.15. The SMILES string of the molecule is CCc1ccc(NC(=O)Cc2cnc[nH]2)cc1. The van der Waals surface area contributed by atoms with Crippen molar-refractivity contribution in [1.29, 1.82) is 0 Å². The molecule has 0 atom stereocenters. The summed E-state index contributed by atoms with van der Waals surface area (Å²) in [7, 11) is 0. The van der Waals surface area contributed by atoms with E-state index in [-0.39, 0.29) is 5.91 Å². The molecule has 17 heavy (non-hydrogen) atoms. The summed E-state index contributed by atoms with van der Waals surface area (Å²) in [5.41, 5.74) is 2.90. The molecule has 1 aromatic heterocycles. The molecule has 2 aromatic rings. The van der Waals surface area contributed by atoms with Crippen molar-refractivity contribution >= 4 is 11.6 Å². The molecule has 0 aliphatic carbocycles. The molecule has 4 nitrogen and oxygen atoms in total. The molecule has 2 N–H and O–H groups in total. The molecule has 0 saturated carbocycles. The van der Waals surface area contributed by atoms with Gasteiger partial charge in [-0.1, -0.05) is 19.1 Å². The summed E-state index contributed by atoms with van der Waals surface area (Å²) in [6.45, 7) is 2.10. The van der Waals surface area contributed by atoms with Gasteiger partial charge in [0.05, 0.1) is 12.7 Å². The lowest BCUT2D eigenvalue weighted by Gasteiger charge is -2.05. The molecule has 0 aliphatic heterocycles. The minimum absolute atomic E-state index is 0.0431. The van der Waals surface area contributed by atoms with E-state index in [4.69, 9.17) is 0 Å². The first-order chi connectivity index (χ1) is 8.28.